The molecule has 0 bridgehead atoms. The molecule has 0 fully saturated rings. The Labute approximate surface area is 155 Å². The highest BCUT2D eigenvalue weighted by molar-refractivity contribution is 9.10. The van der Waals surface area contributed by atoms with Crippen LogP contribution in [0.1, 0.15) is 36.3 Å². The number of ketones is 2. The van der Waals surface area contributed by atoms with Crippen LogP contribution in [-0.4, -0.2) is 26.5 Å². The third kappa shape index (κ3) is 2.32. The summed E-state index contributed by atoms with van der Waals surface area (Å²) in [5.41, 5.74) is 8.07. The van der Waals surface area contributed by atoms with Crippen LogP contribution in [0, 0.1) is 6.92 Å². The van der Waals surface area contributed by atoms with Crippen LogP contribution >= 0.6 is 27.3 Å². The fourth-order valence-electron chi connectivity index (χ4n) is 3.08. The molecule has 3 N–H and O–H groups in total. The molecule has 1 aromatic carbocycles. The second kappa shape index (κ2) is 5.53. The number of carbonyl (C=O) groups excluding carboxylic acids is 2. The van der Waals surface area contributed by atoms with Gasteiger partial charge >= 0.3 is 0 Å². The third-order valence-electron chi connectivity index (χ3n) is 4.15. The van der Waals surface area contributed by atoms with Crippen molar-refractivity contribution in [3.63, 3.8) is 0 Å². The number of thiazole rings is 1. The minimum Gasteiger partial charge on any atom is -0.427 e. The topological polar surface area (TPSA) is 98.2 Å². The highest BCUT2D eigenvalue weighted by Crippen LogP contribution is 2.42. The van der Waals surface area contributed by atoms with Crippen LogP contribution < -0.4 is 5.73 Å². The lowest BCUT2D eigenvalue weighted by atomic mass is 9.91. The van der Waals surface area contributed by atoms with Crippen LogP contribution in [0.2, 0.25) is 0 Å². The van der Waals surface area contributed by atoms with E-state index in [0.29, 0.717) is 22.0 Å². The quantitative estimate of drug-likeness (QED) is 0.491. The van der Waals surface area contributed by atoms with Gasteiger partial charge in [-0.3, -0.25) is 9.59 Å². The summed E-state index contributed by atoms with van der Waals surface area (Å²) in [6.45, 7) is 1.76. The van der Waals surface area contributed by atoms with Crippen molar-refractivity contribution >= 4 is 44.7 Å². The van der Waals surface area contributed by atoms with Crippen molar-refractivity contribution in [2.75, 3.05) is 5.73 Å². The maximum absolute atomic E-state index is 12.7. The van der Waals surface area contributed by atoms with Gasteiger partial charge in [0.2, 0.25) is 11.6 Å². The molecular weight excluding hydrogens is 406 g/mol. The molecule has 0 spiro atoms. The van der Waals surface area contributed by atoms with Gasteiger partial charge in [0.1, 0.15) is 10.7 Å². The number of hydrogen-bond donors (Lipinski definition) is 2. The monoisotopic (exact) mass is 417 g/mol. The number of rotatable bonds is 2. The minimum absolute atomic E-state index is 0.0207. The Morgan fingerprint density at radius 1 is 1.28 bits per heavy atom. The van der Waals surface area contributed by atoms with Crippen molar-refractivity contribution in [1.29, 1.82) is 0 Å². The van der Waals surface area contributed by atoms with Gasteiger partial charge in [-0.15, -0.1) is 11.3 Å². The number of Topliss-reactive ketones (excluding diaryl/α,β-unsaturated/α-hetero) is 2. The van der Waals surface area contributed by atoms with E-state index in [0.717, 1.165) is 26.1 Å². The fraction of sp³-hybridized carbons (Fsp3) is 0.118. The van der Waals surface area contributed by atoms with Crippen LogP contribution in [0.3, 0.4) is 0 Å². The molecule has 4 rings (SSSR count). The molecule has 0 amide bonds. The predicted molar refractivity (Wildman–Crippen MR) is 97.5 cm³/mol. The third-order valence-corrected chi connectivity index (χ3v) is 5.61. The molecule has 1 aliphatic rings. The normalized spacial score (nSPS) is 13.0. The smallest absolute Gasteiger partial charge is 0.245 e. The number of nitrogen functional groups attached to an aromatic ring is 1. The number of aryl methyl sites for hydroxylation is 1. The average Bonchev–Trinajstić information content (AvgIpc) is 3.06. The number of benzene rings is 1. The maximum atomic E-state index is 12.7. The maximum Gasteiger partial charge on any atom is 0.245 e. The van der Waals surface area contributed by atoms with Crippen molar-refractivity contribution in [2.24, 2.45) is 0 Å². The highest BCUT2D eigenvalue weighted by atomic mass is 79.9. The molecule has 6 nitrogen and oxygen atoms in total. The van der Waals surface area contributed by atoms with Gasteiger partial charge < -0.3 is 10.9 Å². The van der Waals surface area contributed by atoms with Gasteiger partial charge in [-0.05, 0) is 24.6 Å². The first-order valence-corrected chi connectivity index (χ1v) is 9.03. The van der Waals surface area contributed by atoms with E-state index >= 15 is 0 Å². The van der Waals surface area contributed by atoms with Gasteiger partial charge in [-0.2, -0.15) is 4.73 Å². The van der Waals surface area contributed by atoms with Crippen LogP contribution in [0.25, 0.3) is 11.3 Å². The summed E-state index contributed by atoms with van der Waals surface area (Å²) >= 11 is 4.56. The molecule has 3 aromatic rings. The van der Waals surface area contributed by atoms with Crippen LogP contribution in [0.15, 0.2) is 28.7 Å². The predicted octanol–water partition coefficient (Wildman–Crippen LogP) is 3.47. The van der Waals surface area contributed by atoms with E-state index in [9.17, 15) is 14.8 Å². The Kier molecular flexibility index (Phi) is 3.55. The van der Waals surface area contributed by atoms with E-state index in [1.807, 2.05) is 24.3 Å². The Balaban J connectivity index is 1.95. The van der Waals surface area contributed by atoms with Crippen molar-refractivity contribution in [2.45, 2.75) is 13.3 Å². The molecule has 0 saturated heterocycles. The minimum atomic E-state index is -0.657. The van der Waals surface area contributed by atoms with Gasteiger partial charge in [0.25, 0.3) is 0 Å². The second-order valence-electron chi connectivity index (χ2n) is 5.77. The molecule has 1 aliphatic carbocycles. The summed E-state index contributed by atoms with van der Waals surface area (Å²) in [6.07, 6.45) is 0.257. The number of anilines is 1. The largest absolute Gasteiger partial charge is 0.427 e. The van der Waals surface area contributed by atoms with E-state index in [-0.39, 0.29) is 22.7 Å². The highest BCUT2D eigenvalue weighted by Gasteiger charge is 2.40. The molecular formula is C17H12BrN3O3S. The molecule has 0 unspecified atom stereocenters. The number of nitrogens with two attached hydrogens (primary N) is 1. The van der Waals surface area contributed by atoms with Crippen molar-refractivity contribution in [3.05, 3.63) is 55.4 Å². The second-order valence-corrected chi connectivity index (χ2v) is 7.89. The van der Waals surface area contributed by atoms with Crippen LogP contribution in [-0.2, 0) is 6.42 Å². The summed E-state index contributed by atoms with van der Waals surface area (Å²) in [5.74, 6) is -1.24. The lowest BCUT2D eigenvalue weighted by Gasteiger charge is -2.11. The summed E-state index contributed by atoms with van der Waals surface area (Å²) < 4.78 is 1.67. The summed E-state index contributed by atoms with van der Waals surface area (Å²) in [7, 11) is 0. The van der Waals surface area contributed by atoms with Gasteiger partial charge in [-0.25, -0.2) is 4.98 Å². The zero-order valence-electron chi connectivity index (χ0n) is 13.0. The lowest BCUT2D eigenvalue weighted by Crippen LogP contribution is -2.20. The van der Waals surface area contributed by atoms with E-state index in [2.05, 4.69) is 20.9 Å². The zero-order valence-corrected chi connectivity index (χ0v) is 15.4. The van der Waals surface area contributed by atoms with E-state index in [4.69, 9.17) is 5.73 Å². The molecule has 126 valence electrons. The van der Waals surface area contributed by atoms with E-state index < -0.39 is 11.6 Å². The van der Waals surface area contributed by atoms with Crippen molar-refractivity contribution < 1.29 is 14.8 Å². The molecule has 2 aromatic heterocycles. The molecule has 0 radical (unpaired) electrons. The summed E-state index contributed by atoms with van der Waals surface area (Å²) in [4.78, 5) is 29.8. The first-order chi connectivity index (χ1) is 11.9. The van der Waals surface area contributed by atoms with Crippen molar-refractivity contribution in [3.8, 4) is 11.3 Å². The van der Waals surface area contributed by atoms with Gasteiger partial charge in [0.15, 0.2) is 0 Å². The Bertz CT molecular complexity index is 1070. The molecule has 0 aliphatic heterocycles. The zero-order chi connectivity index (χ0) is 17.9. The average molecular weight is 418 g/mol. The SMILES string of the molecule is Cc1nc2c(s1)C(=O)C(=O)c1c-2c(N)n(O)c1Cc1cccc(Br)c1. The van der Waals surface area contributed by atoms with Crippen LogP contribution in [0.5, 0.6) is 0 Å². The van der Waals surface area contributed by atoms with Gasteiger partial charge in [0.05, 0.1) is 27.5 Å². The molecule has 0 saturated carbocycles. The first kappa shape index (κ1) is 16.0. The molecule has 8 heteroatoms. The summed E-state index contributed by atoms with van der Waals surface area (Å²) in [6, 6.07) is 7.48. The number of nitrogens with zero attached hydrogens (tertiary/aromatic N) is 2. The number of carbonyl (C=O) groups is 2. The summed E-state index contributed by atoms with van der Waals surface area (Å²) in [5, 5.41) is 11.1. The number of hydrogen-bond acceptors (Lipinski definition) is 6. The Morgan fingerprint density at radius 3 is 2.76 bits per heavy atom. The number of halogens is 1. The standard InChI is InChI=1S/C17H12BrN3O3S/c1-7-20-13-12-11(14(22)15(23)16(13)25-7)10(21(24)17(12)19)6-8-3-2-4-9(18)5-8/h2-5,24H,6,19H2,1H3. The Hall–Kier alpha value is -2.45. The molecule has 25 heavy (non-hydrogen) atoms. The molecule has 0 atom stereocenters. The van der Waals surface area contributed by atoms with E-state index in [1.165, 1.54) is 0 Å². The van der Waals surface area contributed by atoms with E-state index in [1.54, 1.807) is 6.92 Å². The van der Waals surface area contributed by atoms with Crippen molar-refractivity contribution in [1.82, 2.24) is 9.71 Å². The molecule has 2 heterocycles. The number of fused-ring (bicyclic) bond motifs is 3. The first-order valence-electron chi connectivity index (χ1n) is 7.42. The number of aromatic nitrogens is 2. The Morgan fingerprint density at radius 2 is 2.04 bits per heavy atom. The van der Waals surface area contributed by atoms with Gasteiger partial charge in [0, 0.05) is 10.9 Å². The fourth-order valence-corrected chi connectivity index (χ4v) is 4.39. The van der Waals surface area contributed by atoms with Crippen LogP contribution in [0.4, 0.5) is 5.82 Å². The lowest BCUT2D eigenvalue weighted by molar-refractivity contribution is 0.0816. The van der Waals surface area contributed by atoms with Gasteiger partial charge in [-0.1, -0.05) is 28.1 Å².